The third-order valence-corrected chi connectivity index (χ3v) is 1.86. The van der Waals surface area contributed by atoms with Crippen LogP contribution in [0.1, 0.15) is 11.3 Å². The first-order chi connectivity index (χ1) is 4.34. The minimum Gasteiger partial charge on any atom is -0.261 e. The molecule has 0 aliphatic carbocycles. The van der Waals surface area contributed by atoms with Crippen LogP contribution in [0.3, 0.4) is 0 Å². The van der Waals surface area contributed by atoms with Crippen molar-refractivity contribution >= 4 is 32.9 Å². The number of alkyl halides is 1. The second-order valence-electron chi connectivity index (χ2n) is 1.88. The van der Waals surface area contributed by atoms with Gasteiger partial charge in [0.2, 0.25) is 0 Å². The van der Waals surface area contributed by atoms with E-state index >= 15 is 0 Å². The first-order valence-corrected chi connectivity index (χ1v) is 3.93. The highest BCUT2D eigenvalue weighted by Gasteiger charge is 1.92. The van der Waals surface area contributed by atoms with Gasteiger partial charge in [-0.3, -0.25) is 4.98 Å². The van der Waals surface area contributed by atoms with E-state index < -0.39 is 0 Å². The summed E-state index contributed by atoms with van der Waals surface area (Å²) >= 11 is 3.37. The van der Waals surface area contributed by atoms with Crippen LogP contribution >= 0.6 is 32.9 Å². The van der Waals surface area contributed by atoms with Crippen LogP contribution in [0.25, 0.3) is 0 Å². The van der Waals surface area contributed by atoms with Crippen molar-refractivity contribution in [3.05, 3.63) is 29.6 Å². The molecule has 0 aliphatic rings. The maximum absolute atomic E-state index is 4.12. The standard InChI is InChI=1S/C7H8BrN.BrH/c1-6-7(5-8)3-2-4-9-6;/h2-4H,5H2,1H3;1H. The molecule has 0 aromatic carbocycles. The zero-order valence-electron chi connectivity index (χ0n) is 5.67. The van der Waals surface area contributed by atoms with Gasteiger partial charge in [-0.2, -0.15) is 0 Å². The molecule has 0 radical (unpaired) electrons. The van der Waals surface area contributed by atoms with E-state index in [1.807, 2.05) is 19.2 Å². The Kier molecular flexibility index (Phi) is 4.91. The molecule has 1 heterocycles. The van der Waals surface area contributed by atoms with Crippen molar-refractivity contribution in [3.63, 3.8) is 0 Å². The van der Waals surface area contributed by atoms with Crippen LogP contribution in [0, 0.1) is 6.92 Å². The Balaban J connectivity index is 0.000000810. The summed E-state index contributed by atoms with van der Waals surface area (Å²) in [4.78, 5) is 4.12. The lowest BCUT2D eigenvalue weighted by atomic mass is 10.2. The summed E-state index contributed by atoms with van der Waals surface area (Å²) in [6.07, 6.45) is 1.81. The number of nitrogens with zero attached hydrogens (tertiary/aromatic N) is 1. The molecule has 0 aliphatic heterocycles. The zero-order chi connectivity index (χ0) is 6.69. The van der Waals surface area contributed by atoms with E-state index in [0.29, 0.717) is 0 Å². The molecule has 56 valence electrons. The van der Waals surface area contributed by atoms with E-state index in [1.165, 1.54) is 5.56 Å². The quantitative estimate of drug-likeness (QED) is 0.713. The fraction of sp³-hybridized carbons (Fsp3) is 0.286. The Labute approximate surface area is 79.8 Å². The van der Waals surface area contributed by atoms with Gasteiger partial charge in [0, 0.05) is 17.2 Å². The lowest BCUT2D eigenvalue weighted by Crippen LogP contribution is -1.85. The monoisotopic (exact) mass is 265 g/mol. The maximum atomic E-state index is 4.12. The molecule has 10 heavy (non-hydrogen) atoms. The predicted octanol–water partition coefficient (Wildman–Crippen LogP) is 2.86. The average Bonchev–Trinajstić information content (AvgIpc) is 1.89. The Morgan fingerprint density at radius 1 is 1.60 bits per heavy atom. The van der Waals surface area contributed by atoms with Gasteiger partial charge in [0.1, 0.15) is 0 Å². The fourth-order valence-electron chi connectivity index (χ4n) is 0.659. The van der Waals surface area contributed by atoms with Gasteiger partial charge >= 0.3 is 0 Å². The molecular weight excluding hydrogens is 258 g/mol. The highest BCUT2D eigenvalue weighted by Crippen LogP contribution is 2.06. The second kappa shape index (κ2) is 4.85. The largest absolute Gasteiger partial charge is 0.261 e. The van der Waals surface area contributed by atoms with Crippen molar-refractivity contribution < 1.29 is 0 Å². The van der Waals surface area contributed by atoms with Crippen LogP contribution in [-0.4, -0.2) is 4.98 Å². The Morgan fingerprint density at radius 3 is 2.70 bits per heavy atom. The van der Waals surface area contributed by atoms with Gasteiger partial charge in [0.05, 0.1) is 0 Å². The smallest absolute Gasteiger partial charge is 0.0413 e. The van der Waals surface area contributed by atoms with Gasteiger partial charge in [-0.25, -0.2) is 0 Å². The normalized spacial score (nSPS) is 8.60. The summed E-state index contributed by atoms with van der Waals surface area (Å²) < 4.78 is 0. The van der Waals surface area contributed by atoms with Gasteiger partial charge < -0.3 is 0 Å². The molecule has 0 spiro atoms. The first-order valence-electron chi connectivity index (χ1n) is 2.81. The molecule has 0 saturated heterocycles. The van der Waals surface area contributed by atoms with Crippen molar-refractivity contribution in [2.45, 2.75) is 12.3 Å². The van der Waals surface area contributed by atoms with Crippen LogP contribution in [-0.2, 0) is 5.33 Å². The molecule has 0 atom stereocenters. The molecule has 0 N–H and O–H groups in total. The molecule has 1 aromatic heterocycles. The molecule has 1 nitrogen and oxygen atoms in total. The fourth-order valence-corrected chi connectivity index (χ4v) is 1.25. The third kappa shape index (κ3) is 2.39. The summed E-state index contributed by atoms with van der Waals surface area (Å²) in [7, 11) is 0. The molecule has 0 saturated carbocycles. The summed E-state index contributed by atoms with van der Waals surface area (Å²) in [5, 5.41) is 0.896. The maximum Gasteiger partial charge on any atom is 0.0413 e. The first kappa shape index (κ1) is 10.1. The third-order valence-electron chi connectivity index (χ3n) is 1.26. The summed E-state index contributed by atoms with van der Waals surface area (Å²) in [5.41, 5.74) is 2.37. The number of aryl methyl sites for hydroxylation is 1. The molecular formula is C7H9Br2N. The summed E-state index contributed by atoms with van der Waals surface area (Å²) in [6, 6.07) is 4.01. The van der Waals surface area contributed by atoms with Crippen LogP contribution in [0.2, 0.25) is 0 Å². The number of aromatic nitrogens is 1. The number of rotatable bonds is 1. The molecule has 0 amide bonds. The van der Waals surface area contributed by atoms with E-state index in [9.17, 15) is 0 Å². The lowest BCUT2D eigenvalue weighted by molar-refractivity contribution is 1.14. The van der Waals surface area contributed by atoms with E-state index in [4.69, 9.17) is 0 Å². The van der Waals surface area contributed by atoms with Crippen LogP contribution in [0.4, 0.5) is 0 Å². The minimum atomic E-state index is 0. The van der Waals surface area contributed by atoms with E-state index in [0.717, 1.165) is 11.0 Å². The Hall–Kier alpha value is 0.110. The number of hydrogen-bond acceptors (Lipinski definition) is 1. The molecule has 0 fully saturated rings. The van der Waals surface area contributed by atoms with Gasteiger partial charge in [0.15, 0.2) is 0 Å². The average molecular weight is 267 g/mol. The van der Waals surface area contributed by atoms with Crippen LogP contribution in [0.5, 0.6) is 0 Å². The highest BCUT2D eigenvalue weighted by atomic mass is 79.9. The van der Waals surface area contributed by atoms with Gasteiger partial charge in [-0.15, -0.1) is 17.0 Å². The van der Waals surface area contributed by atoms with Gasteiger partial charge in [-0.1, -0.05) is 22.0 Å². The number of halogens is 2. The Morgan fingerprint density at radius 2 is 2.30 bits per heavy atom. The summed E-state index contributed by atoms with van der Waals surface area (Å²) in [6.45, 7) is 2.01. The second-order valence-corrected chi connectivity index (χ2v) is 2.44. The topological polar surface area (TPSA) is 12.9 Å². The minimum absolute atomic E-state index is 0. The molecule has 0 bridgehead atoms. The molecule has 1 rings (SSSR count). The SMILES string of the molecule is Br.Cc1ncccc1CBr. The van der Waals surface area contributed by atoms with E-state index in [-0.39, 0.29) is 17.0 Å². The predicted molar refractivity (Wildman–Crippen MR) is 51.9 cm³/mol. The number of pyridine rings is 1. The van der Waals surface area contributed by atoms with Crippen LogP contribution < -0.4 is 0 Å². The van der Waals surface area contributed by atoms with Gasteiger partial charge in [-0.05, 0) is 18.6 Å². The van der Waals surface area contributed by atoms with E-state index in [1.54, 1.807) is 0 Å². The zero-order valence-corrected chi connectivity index (χ0v) is 8.97. The highest BCUT2D eigenvalue weighted by molar-refractivity contribution is 9.08. The van der Waals surface area contributed by atoms with Crippen molar-refractivity contribution in [2.24, 2.45) is 0 Å². The van der Waals surface area contributed by atoms with Crippen molar-refractivity contribution in [3.8, 4) is 0 Å². The van der Waals surface area contributed by atoms with Gasteiger partial charge in [0.25, 0.3) is 0 Å². The molecule has 3 heteroatoms. The molecule has 1 aromatic rings. The number of hydrogen-bond donors (Lipinski definition) is 0. The molecule has 0 unspecified atom stereocenters. The lowest BCUT2D eigenvalue weighted by Gasteiger charge is -1.96. The van der Waals surface area contributed by atoms with E-state index in [2.05, 4.69) is 27.0 Å². The van der Waals surface area contributed by atoms with Crippen molar-refractivity contribution in [2.75, 3.05) is 0 Å². The Bertz CT molecular complexity index is 201. The van der Waals surface area contributed by atoms with Crippen LogP contribution in [0.15, 0.2) is 18.3 Å². The summed E-state index contributed by atoms with van der Waals surface area (Å²) in [5.74, 6) is 0. The van der Waals surface area contributed by atoms with Crippen molar-refractivity contribution in [1.82, 2.24) is 4.98 Å². The van der Waals surface area contributed by atoms with Crippen molar-refractivity contribution in [1.29, 1.82) is 0 Å².